The average Bonchev–Trinajstić information content (AvgIpc) is 3.29. The zero-order valence-electron chi connectivity index (χ0n) is 11.7. The van der Waals surface area contributed by atoms with Crippen molar-refractivity contribution in [2.75, 3.05) is 7.05 Å². The summed E-state index contributed by atoms with van der Waals surface area (Å²) in [4.78, 5) is 26.2. The quantitative estimate of drug-likeness (QED) is 0.896. The van der Waals surface area contributed by atoms with Crippen LogP contribution in [0.4, 0.5) is 13.2 Å². The molecule has 2 aromatic rings. The first-order valence-corrected chi connectivity index (χ1v) is 6.81. The van der Waals surface area contributed by atoms with Gasteiger partial charge in [-0.05, 0) is 36.5 Å². The van der Waals surface area contributed by atoms with Gasteiger partial charge in [0.1, 0.15) is 5.69 Å². The molecule has 0 saturated heterocycles. The van der Waals surface area contributed by atoms with Crippen LogP contribution in [0.5, 0.6) is 0 Å². The number of halogens is 3. The van der Waals surface area contributed by atoms with Crippen LogP contribution in [0, 0.1) is 0 Å². The number of pyridine rings is 1. The summed E-state index contributed by atoms with van der Waals surface area (Å²) >= 11 is 0. The van der Waals surface area contributed by atoms with E-state index in [0.717, 1.165) is 25.0 Å². The molecule has 1 saturated carbocycles. The summed E-state index contributed by atoms with van der Waals surface area (Å²) in [5, 5.41) is 2.24. The second-order valence-corrected chi connectivity index (χ2v) is 5.39. The molecule has 0 spiro atoms. The summed E-state index contributed by atoms with van der Waals surface area (Å²) in [6.07, 6.45) is -2.94. The van der Waals surface area contributed by atoms with Crippen molar-refractivity contribution in [3.05, 3.63) is 45.2 Å². The van der Waals surface area contributed by atoms with Crippen molar-refractivity contribution in [3.8, 4) is 0 Å². The molecule has 3 rings (SSSR count). The minimum absolute atomic E-state index is 0.0376. The highest BCUT2D eigenvalue weighted by molar-refractivity contribution is 5.95. The van der Waals surface area contributed by atoms with E-state index in [4.69, 9.17) is 0 Å². The fraction of sp³-hybridized carbons (Fsp3) is 0.333. The van der Waals surface area contributed by atoms with Gasteiger partial charge in [-0.25, -0.2) is 0 Å². The first-order valence-electron chi connectivity index (χ1n) is 6.81. The van der Waals surface area contributed by atoms with Crippen molar-refractivity contribution in [1.82, 2.24) is 10.3 Å². The Morgan fingerprint density at radius 1 is 1.27 bits per heavy atom. The lowest BCUT2D eigenvalue weighted by Gasteiger charge is -2.13. The van der Waals surface area contributed by atoms with Gasteiger partial charge < -0.3 is 10.3 Å². The summed E-state index contributed by atoms with van der Waals surface area (Å²) < 4.78 is 39.9. The number of aromatic nitrogens is 1. The molecule has 0 unspecified atom stereocenters. The highest BCUT2D eigenvalue weighted by Gasteiger charge is 2.36. The number of carbonyl (C=O) groups is 1. The van der Waals surface area contributed by atoms with Crippen molar-refractivity contribution in [2.24, 2.45) is 0 Å². The SMILES string of the molecule is CNC(=O)c1cc(=O)c2cc(C3CC3)cc(C(F)(F)F)c2[nH]1. The molecular weight excluding hydrogens is 297 g/mol. The molecule has 1 aromatic heterocycles. The van der Waals surface area contributed by atoms with Crippen molar-refractivity contribution in [2.45, 2.75) is 24.9 Å². The Morgan fingerprint density at radius 3 is 2.50 bits per heavy atom. The predicted molar refractivity (Wildman–Crippen MR) is 74.9 cm³/mol. The van der Waals surface area contributed by atoms with Crippen LogP contribution in [-0.2, 0) is 6.18 Å². The Hall–Kier alpha value is -2.31. The van der Waals surface area contributed by atoms with Crippen molar-refractivity contribution < 1.29 is 18.0 Å². The van der Waals surface area contributed by atoms with Crippen molar-refractivity contribution in [1.29, 1.82) is 0 Å². The van der Waals surface area contributed by atoms with Gasteiger partial charge in [0.05, 0.1) is 11.1 Å². The lowest BCUT2D eigenvalue weighted by molar-refractivity contribution is -0.136. The normalized spacial score (nSPS) is 15.1. The van der Waals surface area contributed by atoms with Gasteiger partial charge in [0.2, 0.25) is 0 Å². The second-order valence-electron chi connectivity index (χ2n) is 5.39. The van der Waals surface area contributed by atoms with E-state index in [2.05, 4.69) is 10.3 Å². The average molecular weight is 310 g/mol. The van der Waals surface area contributed by atoms with Crippen LogP contribution in [-0.4, -0.2) is 17.9 Å². The van der Waals surface area contributed by atoms with Crippen molar-refractivity contribution >= 4 is 16.8 Å². The van der Waals surface area contributed by atoms with Gasteiger partial charge in [-0.2, -0.15) is 13.2 Å². The van der Waals surface area contributed by atoms with Gasteiger partial charge in [-0.3, -0.25) is 9.59 Å². The fourth-order valence-corrected chi connectivity index (χ4v) is 2.51. The van der Waals surface area contributed by atoms with E-state index in [-0.39, 0.29) is 22.5 Å². The lowest BCUT2D eigenvalue weighted by atomic mass is 10.0. The molecule has 0 atom stereocenters. The van der Waals surface area contributed by atoms with Crippen LogP contribution in [0.3, 0.4) is 0 Å². The van der Waals surface area contributed by atoms with E-state index in [1.807, 2.05) is 0 Å². The number of nitrogens with one attached hydrogen (secondary N) is 2. The molecule has 116 valence electrons. The van der Waals surface area contributed by atoms with Gasteiger partial charge >= 0.3 is 6.18 Å². The Morgan fingerprint density at radius 2 is 1.95 bits per heavy atom. The summed E-state index contributed by atoms with van der Waals surface area (Å²) in [6, 6.07) is 3.59. The Balaban J connectivity index is 2.34. The third-order valence-electron chi connectivity index (χ3n) is 3.79. The molecule has 2 N–H and O–H groups in total. The van der Waals surface area contributed by atoms with E-state index in [9.17, 15) is 22.8 Å². The molecule has 1 amide bonds. The number of carbonyl (C=O) groups excluding carboxylic acids is 1. The van der Waals surface area contributed by atoms with Crippen LogP contribution in [0.15, 0.2) is 23.0 Å². The highest BCUT2D eigenvalue weighted by atomic mass is 19.4. The van der Waals surface area contributed by atoms with E-state index in [1.165, 1.54) is 13.1 Å². The minimum Gasteiger partial charge on any atom is -0.354 e. The first-order chi connectivity index (χ1) is 10.3. The number of H-pyrrole nitrogens is 1. The minimum atomic E-state index is -4.60. The molecule has 1 aromatic carbocycles. The van der Waals surface area contributed by atoms with Crippen LogP contribution in [0.25, 0.3) is 10.9 Å². The summed E-state index contributed by atoms with van der Waals surface area (Å²) in [6.45, 7) is 0. The van der Waals surface area contributed by atoms with Crippen LogP contribution in [0.1, 0.15) is 40.4 Å². The molecule has 0 radical (unpaired) electrons. The Bertz CT molecular complexity index is 820. The molecule has 0 bridgehead atoms. The number of rotatable bonds is 2. The zero-order chi connectivity index (χ0) is 16.1. The van der Waals surface area contributed by atoms with E-state index < -0.39 is 23.1 Å². The van der Waals surface area contributed by atoms with Crippen LogP contribution in [0.2, 0.25) is 0 Å². The standard InChI is InChI=1S/C15H13F3N2O2/c1-19-14(22)11-6-12(21)9-4-8(7-2-3-7)5-10(13(9)20-11)15(16,17)18/h4-7H,2-3H2,1H3,(H,19,22)(H,20,21). The molecule has 0 aliphatic heterocycles. The first kappa shape index (κ1) is 14.6. The fourth-order valence-electron chi connectivity index (χ4n) is 2.51. The van der Waals surface area contributed by atoms with Crippen molar-refractivity contribution in [3.63, 3.8) is 0 Å². The molecule has 7 heteroatoms. The van der Waals surface area contributed by atoms with Gasteiger partial charge in [0.25, 0.3) is 5.91 Å². The number of hydrogen-bond donors (Lipinski definition) is 2. The van der Waals surface area contributed by atoms with Crippen LogP contribution < -0.4 is 10.7 Å². The predicted octanol–water partition coefficient (Wildman–Crippen LogP) is 2.78. The summed E-state index contributed by atoms with van der Waals surface area (Å²) in [7, 11) is 1.34. The molecule has 22 heavy (non-hydrogen) atoms. The maximum atomic E-state index is 13.3. The highest BCUT2D eigenvalue weighted by Crippen LogP contribution is 2.43. The number of hydrogen-bond acceptors (Lipinski definition) is 2. The van der Waals surface area contributed by atoms with Gasteiger partial charge in [-0.15, -0.1) is 0 Å². The third-order valence-corrected chi connectivity index (χ3v) is 3.79. The maximum Gasteiger partial charge on any atom is 0.418 e. The topological polar surface area (TPSA) is 62.0 Å². The van der Waals surface area contributed by atoms with Gasteiger partial charge in [0, 0.05) is 18.5 Å². The largest absolute Gasteiger partial charge is 0.418 e. The molecule has 4 nitrogen and oxygen atoms in total. The molecular formula is C15H13F3N2O2. The third kappa shape index (κ3) is 2.47. The summed E-state index contributed by atoms with van der Waals surface area (Å²) in [5.41, 5.74) is -1.51. The van der Waals surface area contributed by atoms with Gasteiger partial charge in [-0.1, -0.05) is 0 Å². The van der Waals surface area contributed by atoms with Crippen LogP contribution >= 0.6 is 0 Å². The molecule has 1 aliphatic rings. The number of aromatic amines is 1. The van der Waals surface area contributed by atoms with E-state index in [0.29, 0.717) is 5.56 Å². The number of fused-ring (bicyclic) bond motifs is 1. The summed E-state index contributed by atoms with van der Waals surface area (Å²) in [5.74, 6) is -0.554. The number of benzene rings is 1. The molecule has 1 heterocycles. The van der Waals surface area contributed by atoms with Gasteiger partial charge in [0.15, 0.2) is 5.43 Å². The Kier molecular flexibility index (Phi) is 3.23. The Labute approximate surface area is 123 Å². The zero-order valence-corrected chi connectivity index (χ0v) is 11.7. The van der Waals surface area contributed by atoms with E-state index in [1.54, 1.807) is 0 Å². The number of amides is 1. The lowest BCUT2D eigenvalue weighted by Crippen LogP contribution is -2.22. The molecule has 1 fully saturated rings. The smallest absolute Gasteiger partial charge is 0.354 e. The van der Waals surface area contributed by atoms with E-state index >= 15 is 0 Å². The molecule has 1 aliphatic carbocycles. The monoisotopic (exact) mass is 310 g/mol. The maximum absolute atomic E-state index is 13.3. The second kappa shape index (κ2) is 4.86. The number of alkyl halides is 3.